The molecule has 0 aliphatic carbocycles. The lowest BCUT2D eigenvalue weighted by Crippen LogP contribution is -1.79. The third kappa shape index (κ3) is 1.61. The monoisotopic (exact) mass is 146 g/mol. The van der Waals surface area contributed by atoms with E-state index in [1.54, 1.807) is 0 Å². The smallest absolute Gasteiger partial charge is 0.118 e. The average Bonchev–Trinajstić information content (AvgIpc) is 1.93. The number of hydrogen-bond acceptors (Lipinski definition) is 1. The summed E-state index contributed by atoms with van der Waals surface area (Å²) in [6.45, 7) is 0. The Kier molecular flexibility index (Phi) is 0.892. The molecule has 2 heteroatoms. The van der Waals surface area contributed by atoms with Crippen molar-refractivity contribution in [2.45, 2.75) is 0 Å². The van der Waals surface area contributed by atoms with E-state index in [2.05, 4.69) is 4.74 Å². The van der Waals surface area contributed by atoms with Crippen LogP contribution >= 0.6 is 11.6 Å². The Morgan fingerprint density at radius 3 is 3.22 bits per heavy atom. The van der Waals surface area contributed by atoms with E-state index in [4.69, 9.17) is 17.1 Å². The minimum atomic E-state index is -2.52. The van der Waals surface area contributed by atoms with Gasteiger partial charge in [0.1, 0.15) is 5.75 Å². The molecule has 9 heavy (non-hydrogen) atoms. The molecular weight excluding hydrogens is 136 g/mol. The van der Waals surface area contributed by atoms with Crippen molar-refractivity contribution in [2.75, 3.05) is 7.04 Å². The first-order valence-corrected chi connectivity index (χ1v) is 2.71. The molecule has 1 nitrogen and oxygen atoms in total. The number of rotatable bonds is 1. The van der Waals surface area contributed by atoms with Crippen LogP contribution in [0.5, 0.6) is 5.75 Å². The molecule has 0 aliphatic rings. The Bertz CT molecular complexity index is 310. The third-order valence-electron chi connectivity index (χ3n) is 0.856. The molecule has 0 spiro atoms. The molecule has 0 aromatic heterocycles. The zero-order valence-electron chi connectivity index (χ0n) is 8.52. The fourth-order valence-electron chi connectivity index (χ4n) is 0.455. The lowest BCUT2D eigenvalue weighted by atomic mass is 10.3. The summed E-state index contributed by atoms with van der Waals surface area (Å²) >= 11 is 5.57. The third-order valence-corrected chi connectivity index (χ3v) is 1.09. The van der Waals surface area contributed by atoms with Crippen molar-refractivity contribution < 1.29 is 10.2 Å². The molecule has 0 N–H and O–H groups in total. The molecule has 0 fully saturated rings. The highest BCUT2D eigenvalue weighted by atomic mass is 35.5. The second kappa shape index (κ2) is 2.74. The van der Waals surface area contributed by atoms with E-state index in [1.807, 2.05) is 0 Å². The Hall–Kier alpha value is -0.690. The summed E-state index contributed by atoms with van der Waals surface area (Å²) in [5, 5.41) is 0.378. The zero-order valence-corrected chi connectivity index (χ0v) is 5.27. The van der Waals surface area contributed by atoms with Crippen LogP contribution in [0.2, 0.25) is 5.02 Å². The predicted molar refractivity (Wildman–Crippen MR) is 38.0 cm³/mol. The number of halogens is 1. The van der Waals surface area contributed by atoms with Crippen molar-refractivity contribution in [2.24, 2.45) is 0 Å². The molecule has 0 atom stereocenters. The summed E-state index contributed by atoms with van der Waals surface area (Å²) < 4.78 is 32.3. The summed E-state index contributed by atoms with van der Waals surface area (Å²) in [7, 11) is -2.52. The highest BCUT2D eigenvalue weighted by Crippen LogP contribution is 2.14. The SMILES string of the molecule is [2H]c1cc(Cl)ccc1OC([2H])([2H])[2H]. The maximum atomic E-state index is 7.33. The molecule has 0 heterocycles. The van der Waals surface area contributed by atoms with E-state index >= 15 is 0 Å². The van der Waals surface area contributed by atoms with Crippen LogP contribution < -0.4 is 4.74 Å². The average molecular weight is 147 g/mol. The molecule has 1 aromatic rings. The van der Waals surface area contributed by atoms with Crippen molar-refractivity contribution in [3.63, 3.8) is 0 Å². The van der Waals surface area contributed by atoms with Gasteiger partial charge in [-0.15, -0.1) is 0 Å². The van der Waals surface area contributed by atoms with Gasteiger partial charge < -0.3 is 4.74 Å². The van der Waals surface area contributed by atoms with E-state index in [0.717, 1.165) is 0 Å². The highest BCUT2D eigenvalue weighted by molar-refractivity contribution is 6.30. The number of benzene rings is 1. The molecule has 0 amide bonds. The van der Waals surface area contributed by atoms with E-state index < -0.39 is 7.04 Å². The van der Waals surface area contributed by atoms with Crippen LogP contribution in [0.1, 0.15) is 5.48 Å². The topological polar surface area (TPSA) is 9.23 Å². The highest BCUT2D eigenvalue weighted by Gasteiger charge is 1.87. The van der Waals surface area contributed by atoms with Crippen LogP contribution in [0.4, 0.5) is 0 Å². The van der Waals surface area contributed by atoms with Gasteiger partial charge in [0.2, 0.25) is 0 Å². The van der Waals surface area contributed by atoms with E-state index in [0.29, 0.717) is 5.02 Å². The van der Waals surface area contributed by atoms with Gasteiger partial charge in [-0.2, -0.15) is 0 Å². The number of methoxy groups -OCH3 is 1. The first-order valence-electron chi connectivity index (χ1n) is 4.34. The minimum Gasteiger partial charge on any atom is -0.497 e. The molecular formula is C7H7ClO. The first kappa shape index (κ1) is 2.93. The second-order valence-corrected chi connectivity index (χ2v) is 1.91. The van der Waals surface area contributed by atoms with Crippen LogP contribution in [0, 0.1) is 0 Å². The van der Waals surface area contributed by atoms with Gasteiger partial charge in [-0.05, 0) is 24.2 Å². The van der Waals surface area contributed by atoms with Crippen LogP contribution in [-0.2, 0) is 0 Å². The number of ether oxygens (including phenoxy) is 1. The van der Waals surface area contributed by atoms with Gasteiger partial charge in [0.25, 0.3) is 0 Å². The summed E-state index contributed by atoms with van der Waals surface area (Å²) in [6, 6.07) is 4.11. The van der Waals surface area contributed by atoms with Crippen molar-refractivity contribution in [3.8, 4) is 5.75 Å². The van der Waals surface area contributed by atoms with E-state index in [9.17, 15) is 0 Å². The molecule has 0 bridgehead atoms. The molecule has 48 valence electrons. The molecule has 1 aromatic carbocycles. The van der Waals surface area contributed by atoms with Crippen molar-refractivity contribution in [1.82, 2.24) is 0 Å². The van der Waals surface area contributed by atoms with Crippen molar-refractivity contribution in [1.29, 1.82) is 0 Å². The number of hydrogen-bond donors (Lipinski definition) is 0. The van der Waals surface area contributed by atoms with Gasteiger partial charge in [0, 0.05) is 5.02 Å². The zero-order chi connectivity index (χ0) is 10.1. The second-order valence-electron chi connectivity index (χ2n) is 1.47. The predicted octanol–water partition coefficient (Wildman–Crippen LogP) is 2.35. The van der Waals surface area contributed by atoms with Crippen LogP contribution in [0.3, 0.4) is 0 Å². The van der Waals surface area contributed by atoms with Gasteiger partial charge in [-0.1, -0.05) is 11.6 Å². The standard InChI is InChI=1S/C7H7ClO/c1-9-7-4-2-6(8)3-5-7/h2-5H,1H3/i1D3,4D. The normalized spacial score (nSPS) is 17.0. The summed E-state index contributed by atoms with van der Waals surface area (Å²) in [6.07, 6.45) is 0. The molecule has 1 rings (SSSR count). The van der Waals surface area contributed by atoms with E-state index in [-0.39, 0.29) is 11.8 Å². The van der Waals surface area contributed by atoms with E-state index in [1.165, 1.54) is 18.2 Å². The lowest BCUT2D eigenvalue weighted by Gasteiger charge is -1.96. The van der Waals surface area contributed by atoms with Crippen molar-refractivity contribution in [3.05, 3.63) is 29.3 Å². The quantitative estimate of drug-likeness (QED) is 0.591. The Labute approximate surface area is 64.8 Å². The molecule has 0 saturated heterocycles. The molecule has 0 saturated carbocycles. The van der Waals surface area contributed by atoms with Crippen LogP contribution in [0.15, 0.2) is 24.2 Å². The van der Waals surface area contributed by atoms with Gasteiger partial charge in [-0.3, -0.25) is 0 Å². The van der Waals surface area contributed by atoms with Crippen LogP contribution in [0.25, 0.3) is 0 Å². The Morgan fingerprint density at radius 1 is 1.67 bits per heavy atom. The Balaban J connectivity index is 2.90. The molecule has 0 unspecified atom stereocenters. The lowest BCUT2D eigenvalue weighted by molar-refractivity contribution is 0.415. The summed E-state index contributed by atoms with van der Waals surface area (Å²) in [5.41, 5.74) is 0. The minimum absolute atomic E-state index is 0.00407. The van der Waals surface area contributed by atoms with Gasteiger partial charge in [-0.25, -0.2) is 0 Å². The summed E-state index contributed by atoms with van der Waals surface area (Å²) in [4.78, 5) is 0. The van der Waals surface area contributed by atoms with Crippen LogP contribution in [-0.4, -0.2) is 7.04 Å². The maximum Gasteiger partial charge on any atom is 0.118 e. The fraction of sp³-hybridized carbons (Fsp3) is 0.143. The van der Waals surface area contributed by atoms with Gasteiger partial charge in [0.05, 0.1) is 12.5 Å². The first-order chi connectivity index (χ1) is 5.88. The largest absolute Gasteiger partial charge is 0.497 e. The fourth-order valence-corrected chi connectivity index (χ4v) is 0.573. The maximum absolute atomic E-state index is 7.33. The Morgan fingerprint density at radius 2 is 2.56 bits per heavy atom. The van der Waals surface area contributed by atoms with Crippen molar-refractivity contribution >= 4 is 11.6 Å². The summed E-state index contributed by atoms with van der Waals surface area (Å²) in [5.74, 6) is 0.00407. The molecule has 0 aliphatic heterocycles. The van der Waals surface area contributed by atoms with Gasteiger partial charge in [0.15, 0.2) is 0 Å². The molecule has 0 radical (unpaired) electrons. The van der Waals surface area contributed by atoms with Gasteiger partial charge >= 0.3 is 0 Å².